The maximum absolute atomic E-state index is 12.0. The molecular formula is C12H24N2O2. The summed E-state index contributed by atoms with van der Waals surface area (Å²) in [6, 6.07) is 0. The van der Waals surface area contributed by atoms with Gasteiger partial charge in [-0.1, -0.05) is 6.92 Å². The van der Waals surface area contributed by atoms with Crippen LogP contribution in [-0.4, -0.2) is 39.3 Å². The summed E-state index contributed by atoms with van der Waals surface area (Å²) in [6.07, 6.45) is 3.89. The van der Waals surface area contributed by atoms with E-state index in [9.17, 15) is 4.79 Å². The Bertz CT molecular complexity index is 213. The van der Waals surface area contributed by atoms with Crippen molar-refractivity contribution in [3.63, 3.8) is 0 Å². The van der Waals surface area contributed by atoms with Crippen molar-refractivity contribution in [3.05, 3.63) is 0 Å². The highest BCUT2D eigenvalue weighted by Crippen LogP contribution is 2.27. The minimum Gasteiger partial charge on any atom is -0.385 e. The van der Waals surface area contributed by atoms with Crippen molar-refractivity contribution < 1.29 is 9.53 Å². The summed E-state index contributed by atoms with van der Waals surface area (Å²) < 4.78 is 4.96. The van der Waals surface area contributed by atoms with Crippen LogP contribution in [0.5, 0.6) is 0 Å². The van der Waals surface area contributed by atoms with Crippen LogP contribution < -0.4 is 10.6 Å². The minimum absolute atomic E-state index is 0.160. The lowest BCUT2D eigenvalue weighted by atomic mass is 9.80. The first-order valence-corrected chi connectivity index (χ1v) is 6.17. The zero-order chi connectivity index (χ0) is 11.9. The van der Waals surface area contributed by atoms with E-state index < -0.39 is 0 Å². The first-order chi connectivity index (χ1) is 7.69. The van der Waals surface area contributed by atoms with E-state index in [4.69, 9.17) is 4.74 Å². The highest BCUT2D eigenvalue weighted by atomic mass is 16.5. The maximum atomic E-state index is 12.0. The number of hydrogen-bond acceptors (Lipinski definition) is 3. The average Bonchev–Trinajstić information content (AvgIpc) is 2.29. The third kappa shape index (κ3) is 4.10. The fourth-order valence-corrected chi connectivity index (χ4v) is 1.99. The van der Waals surface area contributed by atoms with Gasteiger partial charge in [0.05, 0.1) is 0 Å². The van der Waals surface area contributed by atoms with Gasteiger partial charge in [-0.25, -0.2) is 0 Å². The Hall–Kier alpha value is -0.610. The van der Waals surface area contributed by atoms with Crippen molar-refractivity contribution in [3.8, 4) is 0 Å². The topological polar surface area (TPSA) is 50.4 Å². The molecule has 0 aromatic carbocycles. The van der Waals surface area contributed by atoms with Crippen LogP contribution in [-0.2, 0) is 9.53 Å². The molecule has 0 radical (unpaired) electrons. The zero-order valence-electron chi connectivity index (χ0n) is 10.5. The van der Waals surface area contributed by atoms with Crippen LogP contribution in [0.3, 0.4) is 0 Å². The molecule has 0 atom stereocenters. The van der Waals surface area contributed by atoms with Gasteiger partial charge in [0.2, 0.25) is 5.91 Å². The number of piperidine rings is 1. The van der Waals surface area contributed by atoms with Crippen molar-refractivity contribution in [2.24, 2.45) is 5.41 Å². The van der Waals surface area contributed by atoms with E-state index >= 15 is 0 Å². The molecule has 16 heavy (non-hydrogen) atoms. The van der Waals surface area contributed by atoms with E-state index in [1.807, 2.05) is 0 Å². The molecule has 4 nitrogen and oxygen atoms in total. The Morgan fingerprint density at radius 1 is 1.38 bits per heavy atom. The number of carbonyl (C=O) groups is 1. The number of rotatable bonds is 6. The van der Waals surface area contributed by atoms with Crippen molar-refractivity contribution in [2.75, 3.05) is 33.4 Å². The average molecular weight is 228 g/mol. The van der Waals surface area contributed by atoms with E-state index in [1.54, 1.807) is 7.11 Å². The molecule has 0 aromatic rings. The molecular weight excluding hydrogens is 204 g/mol. The summed E-state index contributed by atoms with van der Waals surface area (Å²) in [6.45, 7) is 5.52. The number of methoxy groups -OCH3 is 1. The van der Waals surface area contributed by atoms with Gasteiger partial charge in [-0.2, -0.15) is 0 Å². The Labute approximate surface area is 98.1 Å². The van der Waals surface area contributed by atoms with E-state index in [-0.39, 0.29) is 11.3 Å². The first kappa shape index (κ1) is 13.5. The fraction of sp³-hybridized carbons (Fsp3) is 0.917. The number of nitrogens with one attached hydrogen (secondary N) is 2. The van der Waals surface area contributed by atoms with E-state index in [0.717, 1.165) is 51.9 Å². The predicted octanol–water partition coefficient (Wildman–Crippen LogP) is 0.919. The fourth-order valence-electron chi connectivity index (χ4n) is 1.99. The summed E-state index contributed by atoms with van der Waals surface area (Å²) in [5.41, 5.74) is -0.160. The minimum atomic E-state index is -0.160. The Morgan fingerprint density at radius 3 is 2.69 bits per heavy atom. The van der Waals surface area contributed by atoms with Crippen LogP contribution in [0.25, 0.3) is 0 Å². The molecule has 1 saturated heterocycles. The molecule has 2 N–H and O–H groups in total. The van der Waals surface area contributed by atoms with Crippen LogP contribution in [0.2, 0.25) is 0 Å². The molecule has 1 rings (SSSR count). The highest BCUT2D eigenvalue weighted by Gasteiger charge is 2.33. The summed E-state index contributed by atoms with van der Waals surface area (Å²) in [5, 5.41) is 6.31. The lowest BCUT2D eigenvalue weighted by Crippen LogP contribution is -2.46. The quantitative estimate of drug-likeness (QED) is 0.665. The Morgan fingerprint density at radius 2 is 2.06 bits per heavy atom. The molecule has 1 aliphatic heterocycles. The van der Waals surface area contributed by atoms with Crippen LogP contribution >= 0.6 is 0 Å². The summed E-state index contributed by atoms with van der Waals surface area (Å²) in [4.78, 5) is 12.0. The summed E-state index contributed by atoms with van der Waals surface area (Å²) >= 11 is 0. The molecule has 0 aliphatic carbocycles. The van der Waals surface area contributed by atoms with Crippen molar-refractivity contribution in [1.82, 2.24) is 10.6 Å². The maximum Gasteiger partial charge on any atom is 0.226 e. The van der Waals surface area contributed by atoms with Gasteiger partial charge < -0.3 is 15.4 Å². The van der Waals surface area contributed by atoms with E-state index in [2.05, 4.69) is 17.6 Å². The summed E-state index contributed by atoms with van der Waals surface area (Å²) in [5.74, 6) is 0.214. The number of ether oxygens (including phenoxy) is 1. The molecule has 94 valence electrons. The monoisotopic (exact) mass is 228 g/mol. The number of unbranched alkanes of at least 4 members (excludes halogenated alkanes) is 1. The van der Waals surface area contributed by atoms with Gasteiger partial charge >= 0.3 is 0 Å². The molecule has 1 amide bonds. The van der Waals surface area contributed by atoms with Crippen LogP contribution in [0.15, 0.2) is 0 Å². The Kier molecular flexibility index (Phi) is 5.77. The van der Waals surface area contributed by atoms with Crippen molar-refractivity contribution in [1.29, 1.82) is 0 Å². The van der Waals surface area contributed by atoms with Crippen LogP contribution in [0, 0.1) is 5.41 Å². The molecule has 0 unspecified atom stereocenters. The normalized spacial score (nSPS) is 19.4. The van der Waals surface area contributed by atoms with E-state index in [1.165, 1.54) is 0 Å². The second-order valence-electron chi connectivity index (χ2n) is 4.77. The van der Waals surface area contributed by atoms with Gasteiger partial charge in [-0.05, 0) is 38.8 Å². The number of carbonyl (C=O) groups excluding carboxylic acids is 1. The third-order valence-electron chi connectivity index (χ3n) is 3.32. The lowest BCUT2D eigenvalue weighted by molar-refractivity contribution is -0.131. The second kappa shape index (κ2) is 6.86. The second-order valence-corrected chi connectivity index (χ2v) is 4.77. The van der Waals surface area contributed by atoms with Gasteiger partial charge in [-0.15, -0.1) is 0 Å². The largest absolute Gasteiger partial charge is 0.385 e. The smallest absolute Gasteiger partial charge is 0.226 e. The van der Waals surface area contributed by atoms with Gasteiger partial charge in [0, 0.05) is 25.7 Å². The molecule has 0 spiro atoms. The third-order valence-corrected chi connectivity index (χ3v) is 3.32. The molecule has 0 bridgehead atoms. The Balaban J connectivity index is 2.18. The SMILES string of the molecule is COCCCCNC(=O)C1(C)CCNCC1. The van der Waals surface area contributed by atoms with Gasteiger partial charge in [0.1, 0.15) is 0 Å². The number of hydrogen-bond donors (Lipinski definition) is 2. The predicted molar refractivity (Wildman–Crippen MR) is 64.3 cm³/mol. The molecule has 0 saturated carbocycles. The van der Waals surface area contributed by atoms with Gasteiger partial charge in [0.25, 0.3) is 0 Å². The van der Waals surface area contributed by atoms with Crippen molar-refractivity contribution in [2.45, 2.75) is 32.6 Å². The van der Waals surface area contributed by atoms with E-state index in [0.29, 0.717) is 0 Å². The molecule has 1 aliphatic rings. The molecule has 4 heteroatoms. The van der Waals surface area contributed by atoms with Crippen molar-refractivity contribution >= 4 is 5.91 Å². The standard InChI is InChI=1S/C12H24N2O2/c1-12(5-8-13-9-6-12)11(15)14-7-3-4-10-16-2/h13H,3-10H2,1-2H3,(H,14,15). The van der Waals surface area contributed by atoms with Crippen LogP contribution in [0.1, 0.15) is 32.6 Å². The molecule has 1 heterocycles. The zero-order valence-corrected chi connectivity index (χ0v) is 10.5. The molecule has 1 fully saturated rings. The van der Waals surface area contributed by atoms with Gasteiger partial charge in [0.15, 0.2) is 0 Å². The first-order valence-electron chi connectivity index (χ1n) is 6.17. The number of amides is 1. The van der Waals surface area contributed by atoms with Gasteiger partial charge in [-0.3, -0.25) is 4.79 Å². The highest BCUT2D eigenvalue weighted by molar-refractivity contribution is 5.82. The lowest BCUT2D eigenvalue weighted by Gasteiger charge is -2.32. The van der Waals surface area contributed by atoms with Crippen LogP contribution in [0.4, 0.5) is 0 Å². The summed E-state index contributed by atoms with van der Waals surface area (Å²) in [7, 11) is 1.70. The molecule has 0 aromatic heterocycles.